The topological polar surface area (TPSA) is 81.2 Å². The van der Waals surface area contributed by atoms with E-state index in [0.717, 1.165) is 6.42 Å². The van der Waals surface area contributed by atoms with Crippen molar-refractivity contribution in [2.45, 2.75) is 68.7 Å². The number of likely N-dealkylation sites (tertiary alicyclic amines) is 1. The normalized spacial score (nSPS) is 33.2. The van der Waals surface area contributed by atoms with E-state index in [1.807, 2.05) is 20.8 Å². The second-order valence-electron chi connectivity index (χ2n) is 9.92. The molecule has 7 atom stereocenters. The highest BCUT2D eigenvalue weighted by molar-refractivity contribution is 8.02. The number of fused-ring (bicyclic) bond motifs is 1. The molecule has 3 saturated heterocycles. The predicted molar refractivity (Wildman–Crippen MR) is 132 cm³/mol. The lowest BCUT2D eigenvalue weighted by atomic mass is 9.65. The molecule has 7 nitrogen and oxygen atoms in total. The molecule has 0 aromatic rings. The van der Waals surface area contributed by atoms with Gasteiger partial charge in [0.15, 0.2) is 0 Å². The maximum atomic E-state index is 14.1. The number of thioether (sulfide) groups is 1. The van der Waals surface area contributed by atoms with Crippen molar-refractivity contribution in [3.63, 3.8) is 0 Å². The first-order chi connectivity index (χ1) is 15.6. The number of rotatable bonds is 10. The molecule has 1 N–H and O–H groups in total. The number of hydrogen-bond acceptors (Lipinski definition) is 5. The molecule has 3 rings (SSSR count). The molecule has 3 aliphatic rings. The highest BCUT2D eigenvalue weighted by Crippen LogP contribution is 2.69. The van der Waals surface area contributed by atoms with E-state index in [1.165, 1.54) is 0 Å². The second-order valence-corrected chi connectivity index (χ2v) is 11.5. The van der Waals surface area contributed by atoms with Gasteiger partial charge < -0.3 is 19.8 Å². The highest BCUT2D eigenvalue weighted by atomic mass is 32.2. The van der Waals surface area contributed by atoms with Gasteiger partial charge in [-0.05, 0) is 32.6 Å². The van der Waals surface area contributed by atoms with Gasteiger partial charge in [0.2, 0.25) is 17.7 Å². The first-order valence-corrected chi connectivity index (χ1v) is 12.9. The summed E-state index contributed by atoms with van der Waals surface area (Å²) in [4.78, 5) is 46.7. The van der Waals surface area contributed by atoms with Crippen LogP contribution in [-0.4, -0.2) is 92.4 Å². The van der Waals surface area contributed by atoms with Crippen molar-refractivity contribution >= 4 is 29.5 Å². The molecule has 8 heteroatoms. The molecule has 0 aromatic carbocycles. The third kappa shape index (κ3) is 3.83. The van der Waals surface area contributed by atoms with Crippen LogP contribution in [0.3, 0.4) is 0 Å². The Bertz CT molecular complexity index is 813. The van der Waals surface area contributed by atoms with Crippen LogP contribution in [0.4, 0.5) is 0 Å². The molecular formula is C25H39N3O4S. The Morgan fingerprint density at radius 3 is 2.42 bits per heavy atom. The van der Waals surface area contributed by atoms with Crippen LogP contribution < -0.4 is 0 Å². The van der Waals surface area contributed by atoms with Gasteiger partial charge in [0.25, 0.3) is 0 Å². The number of hydrogen-bond donors (Lipinski definition) is 1. The number of aliphatic hydroxyl groups excluding tert-OH is 1. The summed E-state index contributed by atoms with van der Waals surface area (Å²) >= 11 is 1.67. The van der Waals surface area contributed by atoms with Gasteiger partial charge in [-0.25, -0.2) is 0 Å². The van der Waals surface area contributed by atoms with E-state index in [1.54, 1.807) is 45.7 Å². The number of amides is 3. The van der Waals surface area contributed by atoms with E-state index < -0.39 is 28.7 Å². The van der Waals surface area contributed by atoms with Crippen LogP contribution in [0.1, 0.15) is 40.5 Å². The first kappa shape index (κ1) is 25.8. The number of likely N-dealkylation sites (N-methyl/N-ethyl adjacent to an activating group) is 1. The van der Waals surface area contributed by atoms with E-state index in [2.05, 4.69) is 20.1 Å². The second kappa shape index (κ2) is 9.82. The molecule has 0 aromatic heterocycles. The van der Waals surface area contributed by atoms with Gasteiger partial charge in [-0.15, -0.1) is 24.9 Å². The third-order valence-electron chi connectivity index (χ3n) is 7.79. The molecule has 3 amide bonds. The van der Waals surface area contributed by atoms with E-state index >= 15 is 0 Å². The minimum absolute atomic E-state index is 0.00673. The maximum Gasteiger partial charge on any atom is 0.247 e. The molecular weight excluding hydrogens is 438 g/mol. The molecule has 3 unspecified atom stereocenters. The molecule has 3 aliphatic heterocycles. The summed E-state index contributed by atoms with van der Waals surface area (Å²) in [6.45, 7) is 16.1. The molecule has 33 heavy (non-hydrogen) atoms. The van der Waals surface area contributed by atoms with Crippen molar-refractivity contribution in [2.24, 2.45) is 17.8 Å². The van der Waals surface area contributed by atoms with Crippen molar-refractivity contribution in [2.75, 3.05) is 26.7 Å². The lowest BCUT2D eigenvalue weighted by molar-refractivity contribution is -0.147. The van der Waals surface area contributed by atoms with Crippen molar-refractivity contribution in [1.82, 2.24) is 14.7 Å². The van der Waals surface area contributed by atoms with E-state index in [0.29, 0.717) is 19.5 Å². The van der Waals surface area contributed by atoms with Crippen LogP contribution in [-0.2, 0) is 14.4 Å². The summed E-state index contributed by atoms with van der Waals surface area (Å²) in [5, 5.41) is 10.2. The molecule has 0 saturated carbocycles. The van der Waals surface area contributed by atoms with Gasteiger partial charge in [-0.1, -0.05) is 26.0 Å². The number of carbonyl (C=O) groups excluding carboxylic acids is 3. The average Bonchev–Trinajstić information content (AvgIpc) is 3.36. The Hall–Kier alpha value is -1.80. The van der Waals surface area contributed by atoms with E-state index in [4.69, 9.17) is 0 Å². The Kier molecular flexibility index (Phi) is 7.68. The highest BCUT2D eigenvalue weighted by Gasteiger charge is 2.76. The summed E-state index contributed by atoms with van der Waals surface area (Å²) < 4.78 is -0.676. The van der Waals surface area contributed by atoms with Crippen LogP contribution in [0.5, 0.6) is 0 Å². The summed E-state index contributed by atoms with van der Waals surface area (Å²) in [6, 6.07) is -1.23. The summed E-state index contributed by atoms with van der Waals surface area (Å²) in [6.07, 6.45) is 4.72. The van der Waals surface area contributed by atoms with Gasteiger partial charge in [0.05, 0.1) is 29.2 Å². The lowest BCUT2D eigenvalue weighted by Crippen LogP contribution is -2.60. The van der Waals surface area contributed by atoms with Gasteiger partial charge in [0.1, 0.15) is 6.04 Å². The van der Waals surface area contributed by atoms with Gasteiger partial charge in [-0.2, -0.15) is 0 Å². The molecule has 3 heterocycles. The quantitative estimate of drug-likeness (QED) is 0.488. The Morgan fingerprint density at radius 2 is 1.91 bits per heavy atom. The fourth-order valence-corrected chi connectivity index (χ4v) is 8.61. The van der Waals surface area contributed by atoms with Gasteiger partial charge in [0, 0.05) is 31.4 Å². The largest absolute Gasteiger partial charge is 0.394 e. The Balaban J connectivity index is 2.14. The Morgan fingerprint density at radius 1 is 1.27 bits per heavy atom. The molecule has 2 bridgehead atoms. The first-order valence-electron chi connectivity index (χ1n) is 12.0. The monoisotopic (exact) mass is 477 g/mol. The molecule has 0 aliphatic carbocycles. The van der Waals surface area contributed by atoms with Gasteiger partial charge >= 0.3 is 0 Å². The molecule has 0 radical (unpaired) electrons. The van der Waals surface area contributed by atoms with E-state index in [9.17, 15) is 19.5 Å². The van der Waals surface area contributed by atoms with Crippen molar-refractivity contribution in [3.8, 4) is 0 Å². The zero-order valence-corrected chi connectivity index (χ0v) is 21.4. The minimum Gasteiger partial charge on any atom is -0.394 e. The van der Waals surface area contributed by atoms with Crippen LogP contribution in [0, 0.1) is 17.8 Å². The predicted octanol–water partition coefficient (Wildman–Crippen LogP) is 2.16. The number of aliphatic hydroxyl groups is 1. The number of nitrogens with zero attached hydrogens (tertiary/aromatic N) is 3. The molecule has 1 spiro atoms. The zero-order chi connectivity index (χ0) is 24.7. The van der Waals surface area contributed by atoms with Crippen LogP contribution in [0.15, 0.2) is 25.3 Å². The zero-order valence-electron chi connectivity index (χ0n) is 20.6. The van der Waals surface area contributed by atoms with Gasteiger partial charge in [-0.3, -0.25) is 14.4 Å². The third-order valence-corrected chi connectivity index (χ3v) is 9.87. The Labute approximate surface area is 202 Å². The summed E-state index contributed by atoms with van der Waals surface area (Å²) in [5.74, 6) is -1.27. The SMILES string of the molecule is C=CCN(C)C(=O)[C@@H]1[C@H]2C(=O)N([C@@H](CC)CO)C(C(=O)N(CC=C)C(C)C)C23S[C@@H]1CC3C. The van der Waals surface area contributed by atoms with Crippen molar-refractivity contribution in [3.05, 3.63) is 25.3 Å². The smallest absolute Gasteiger partial charge is 0.247 e. The van der Waals surface area contributed by atoms with Crippen LogP contribution in [0.25, 0.3) is 0 Å². The summed E-state index contributed by atoms with van der Waals surface area (Å²) in [5.41, 5.74) is 0. The van der Waals surface area contributed by atoms with E-state index in [-0.39, 0.29) is 41.5 Å². The summed E-state index contributed by atoms with van der Waals surface area (Å²) in [7, 11) is 1.74. The fraction of sp³-hybridized carbons (Fsp3) is 0.720. The maximum absolute atomic E-state index is 14.1. The standard InChI is InChI=1S/C25H39N3O4S/c1-8-11-26(7)22(30)19-18-13-16(6)25(33-18)20(19)23(31)28(17(10-3)14-29)21(25)24(32)27(12-9-2)15(4)5/h8-9,15-21,29H,1-2,10-14H2,3-7H3/t16?,17-,18+,19-,20-,21?,25?/m0/s1. The number of carbonyl (C=O) groups is 3. The van der Waals surface area contributed by atoms with Crippen molar-refractivity contribution in [1.29, 1.82) is 0 Å². The fourth-order valence-electron chi connectivity index (χ4n) is 6.22. The van der Waals surface area contributed by atoms with Crippen LogP contribution >= 0.6 is 11.8 Å². The van der Waals surface area contributed by atoms with Crippen molar-refractivity contribution < 1.29 is 19.5 Å². The molecule has 184 valence electrons. The molecule has 3 fully saturated rings. The average molecular weight is 478 g/mol. The van der Waals surface area contributed by atoms with Crippen LogP contribution in [0.2, 0.25) is 0 Å². The lowest BCUT2D eigenvalue weighted by Gasteiger charge is -2.42. The minimum atomic E-state index is -0.707.